The fourth-order valence-corrected chi connectivity index (χ4v) is 2.84. The molecule has 0 aromatic heterocycles. The lowest BCUT2D eigenvalue weighted by atomic mass is 10.1. The second-order valence-corrected chi connectivity index (χ2v) is 5.99. The zero-order valence-corrected chi connectivity index (χ0v) is 15.7. The van der Waals surface area contributed by atoms with E-state index in [4.69, 9.17) is 18.9 Å². The molecular weight excluding hydrogens is 362 g/mol. The minimum atomic E-state index is -0.631. The van der Waals surface area contributed by atoms with Gasteiger partial charge in [0.15, 0.2) is 0 Å². The number of para-hydroxylation sites is 1. The van der Waals surface area contributed by atoms with E-state index in [1.807, 2.05) is 54.6 Å². The molecule has 7 nitrogen and oxygen atoms in total. The summed E-state index contributed by atoms with van der Waals surface area (Å²) in [5, 5.41) is 0. The fraction of sp³-hybridized carbons (Fsp3) is 0.238. The summed E-state index contributed by atoms with van der Waals surface area (Å²) in [5.41, 5.74) is 1.81. The number of carbonyl (C=O) groups excluding carboxylic acids is 2. The second kappa shape index (κ2) is 9.05. The third-order valence-electron chi connectivity index (χ3n) is 4.20. The van der Waals surface area contributed by atoms with Gasteiger partial charge in [0.1, 0.15) is 24.8 Å². The average molecular weight is 383 g/mol. The van der Waals surface area contributed by atoms with E-state index in [9.17, 15) is 9.59 Å². The normalized spacial score (nSPS) is 13.9. The first-order valence-corrected chi connectivity index (χ1v) is 8.66. The standard InChI is InChI=1S/C21H21NO6/c1-25-20(23)18-13-27-14-22(19(18)21(24)26-2)16-8-6-7-15(11-16)12-28-17-9-4-3-5-10-17/h3-11H,12-14H2,1-2H3. The predicted octanol–water partition coefficient (Wildman–Crippen LogP) is 2.66. The Labute approximate surface area is 163 Å². The van der Waals surface area contributed by atoms with Crippen LogP contribution in [-0.2, 0) is 30.4 Å². The molecule has 0 spiro atoms. The van der Waals surface area contributed by atoms with Gasteiger partial charge in [0, 0.05) is 5.69 Å². The maximum absolute atomic E-state index is 12.4. The second-order valence-electron chi connectivity index (χ2n) is 5.99. The van der Waals surface area contributed by atoms with Gasteiger partial charge in [-0.15, -0.1) is 0 Å². The molecule has 146 valence electrons. The van der Waals surface area contributed by atoms with Crippen LogP contribution in [0.15, 0.2) is 65.9 Å². The van der Waals surface area contributed by atoms with Gasteiger partial charge in [-0.25, -0.2) is 9.59 Å². The summed E-state index contributed by atoms with van der Waals surface area (Å²) in [6.07, 6.45) is 0. The lowest BCUT2D eigenvalue weighted by Crippen LogP contribution is -2.38. The minimum absolute atomic E-state index is 0.0234. The number of rotatable bonds is 6. The Morgan fingerprint density at radius 3 is 2.46 bits per heavy atom. The molecule has 0 radical (unpaired) electrons. The van der Waals surface area contributed by atoms with Gasteiger partial charge in [0.2, 0.25) is 0 Å². The quantitative estimate of drug-likeness (QED) is 0.710. The van der Waals surface area contributed by atoms with Crippen LogP contribution < -0.4 is 9.64 Å². The summed E-state index contributed by atoms with van der Waals surface area (Å²) in [6, 6.07) is 16.9. The van der Waals surface area contributed by atoms with Crippen LogP contribution in [0.25, 0.3) is 0 Å². The lowest BCUT2D eigenvalue weighted by molar-refractivity contribution is -0.140. The Balaban J connectivity index is 1.88. The highest BCUT2D eigenvalue weighted by molar-refractivity contribution is 6.03. The molecule has 1 heterocycles. The molecule has 0 N–H and O–H groups in total. The molecule has 3 rings (SSSR count). The van der Waals surface area contributed by atoms with Crippen LogP contribution in [0.5, 0.6) is 5.75 Å². The molecule has 0 bridgehead atoms. The van der Waals surface area contributed by atoms with Crippen molar-refractivity contribution in [2.24, 2.45) is 0 Å². The highest BCUT2D eigenvalue weighted by atomic mass is 16.5. The van der Waals surface area contributed by atoms with Crippen LogP contribution in [0, 0.1) is 0 Å². The molecule has 0 unspecified atom stereocenters. The van der Waals surface area contributed by atoms with Crippen molar-refractivity contribution in [3.8, 4) is 5.75 Å². The largest absolute Gasteiger partial charge is 0.489 e. The van der Waals surface area contributed by atoms with Crippen molar-refractivity contribution in [1.29, 1.82) is 0 Å². The summed E-state index contributed by atoms with van der Waals surface area (Å²) in [6.45, 7) is 0.437. The zero-order valence-electron chi connectivity index (χ0n) is 15.7. The number of hydrogen-bond acceptors (Lipinski definition) is 7. The summed E-state index contributed by atoms with van der Waals surface area (Å²) in [4.78, 5) is 26.0. The molecule has 7 heteroatoms. The van der Waals surface area contributed by atoms with E-state index < -0.39 is 11.9 Å². The maximum atomic E-state index is 12.4. The van der Waals surface area contributed by atoms with Crippen molar-refractivity contribution in [3.63, 3.8) is 0 Å². The van der Waals surface area contributed by atoms with E-state index in [0.29, 0.717) is 12.3 Å². The Kier molecular flexibility index (Phi) is 6.29. The van der Waals surface area contributed by atoms with Crippen LogP contribution in [0.1, 0.15) is 5.56 Å². The Morgan fingerprint density at radius 2 is 1.75 bits per heavy atom. The number of ether oxygens (including phenoxy) is 4. The highest BCUT2D eigenvalue weighted by Gasteiger charge is 2.32. The predicted molar refractivity (Wildman–Crippen MR) is 102 cm³/mol. The number of benzene rings is 2. The van der Waals surface area contributed by atoms with Crippen molar-refractivity contribution in [2.75, 3.05) is 32.5 Å². The van der Waals surface area contributed by atoms with Crippen molar-refractivity contribution >= 4 is 17.6 Å². The van der Waals surface area contributed by atoms with Crippen molar-refractivity contribution < 1.29 is 28.5 Å². The number of methoxy groups -OCH3 is 2. The first kappa shape index (κ1) is 19.4. The minimum Gasteiger partial charge on any atom is -0.489 e. The Hall–Kier alpha value is -3.32. The third-order valence-corrected chi connectivity index (χ3v) is 4.20. The van der Waals surface area contributed by atoms with Crippen molar-refractivity contribution in [3.05, 3.63) is 71.4 Å². The van der Waals surface area contributed by atoms with Gasteiger partial charge in [-0.05, 0) is 29.8 Å². The van der Waals surface area contributed by atoms with Gasteiger partial charge < -0.3 is 23.8 Å². The Morgan fingerprint density at radius 1 is 1.00 bits per heavy atom. The molecule has 1 aliphatic heterocycles. The van der Waals surface area contributed by atoms with Gasteiger partial charge in [-0.3, -0.25) is 0 Å². The van der Waals surface area contributed by atoms with Gasteiger partial charge >= 0.3 is 11.9 Å². The highest BCUT2D eigenvalue weighted by Crippen LogP contribution is 2.27. The summed E-state index contributed by atoms with van der Waals surface area (Å²) in [5.74, 6) is -0.499. The van der Waals surface area contributed by atoms with Gasteiger partial charge in [0.05, 0.1) is 26.4 Å². The molecule has 0 aliphatic carbocycles. The lowest BCUT2D eigenvalue weighted by Gasteiger charge is -2.31. The summed E-state index contributed by atoms with van der Waals surface area (Å²) >= 11 is 0. The van der Waals surface area contributed by atoms with Crippen LogP contribution in [-0.4, -0.2) is 39.5 Å². The first-order chi connectivity index (χ1) is 13.6. The van der Waals surface area contributed by atoms with E-state index in [0.717, 1.165) is 11.3 Å². The van der Waals surface area contributed by atoms with E-state index >= 15 is 0 Å². The molecule has 0 saturated heterocycles. The van der Waals surface area contributed by atoms with Gasteiger partial charge in [-0.2, -0.15) is 0 Å². The first-order valence-electron chi connectivity index (χ1n) is 8.66. The van der Waals surface area contributed by atoms with E-state index in [1.165, 1.54) is 14.2 Å². The fourth-order valence-electron chi connectivity index (χ4n) is 2.84. The molecule has 0 fully saturated rings. The van der Waals surface area contributed by atoms with Crippen molar-refractivity contribution in [1.82, 2.24) is 0 Å². The average Bonchev–Trinajstić information content (AvgIpc) is 2.77. The number of esters is 2. The zero-order chi connectivity index (χ0) is 19.9. The smallest absolute Gasteiger partial charge is 0.355 e. The number of anilines is 1. The van der Waals surface area contributed by atoms with Crippen LogP contribution in [0.2, 0.25) is 0 Å². The van der Waals surface area contributed by atoms with Gasteiger partial charge in [0.25, 0.3) is 0 Å². The van der Waals surface area contributed by atoms with E-state index in [1.54, 1.807) is 4.90 Å². The number of carbonyl (C=O) groups is 2. The molecular formula is C21H21NO6. The number of hydrogen-bond donors (Lipinski definition) is 0. The SMILES string of the molecule is COC(=O)C1=C(C(=O)OC)N(c2cccc(COc3ccccc3)c2)COC1. The maximum Gasteiger partial charge on any atom is 0.355 e. The third kappa shape index (κ3) is 4.32. The Bertz CT molecular complexity index is 877. The molecule has 0 saturated carbocycles. The van der Waals surface area contributed by atoms with Crippen LogP contribution in [0.4, 0.5) is 5.69 Å². The summed E-state index contributed by atoms with van der Waals surface area (Å²) in [7, 11) is 2.52. The van der Waals surface area contributed by atoms with Crippen molar-refractivity contribution in [2.45, 2.75) is 6.61 Å². The van der Waals surface area contributed by atoms with E-state index in [-0.39, 0.29) is 24.6 Å². The molecule has 2 aromatic carbocycles. The van der Waals surface area contributed by atoms with Crippen LogP contribution in [0.3, 0.4) is 0 Å². The molecule has 0 amide bonds. The van der Waals surface area contributed by atoms with E-state index in [2.05, 4.69) is 0 Å². The molecule has 0 atom stereocenters. The molecule has 2 aromatic rings. The monoisotopic (exact) mass is 383 g/mol. The summed E-state index contributed by atoms with van der Waals surface area (Å²) < 4.78 is 20.9. The van der Waals surface area contributed by atoms with Crippen LogP contribution >= 0.6 is 0 Å². The number of nitrogens with zero attached hydrogens (tertiary/aromatic N) is 1. The topological polar surface area (TPSA) is 74.3 Å². The van der Waals surface area contributed by atoms with Gasteiger partial charge in [-0.1, -0.05) is 30.3 Å². The molecule has 1 aliphatic rings. The molecule has 28 heavy (non-hydrogen) atoms.